The zero-order chi connectivity index (χ0) is 14.8. The minimum Gasteiger partial charge on any atom is -0.480 e. The van der Waals surface area contributed by atoms with E-state index in [0.29, 0.717) is 0 Å². The number of hydrogen-bond donors (Lipinski definition) is 1. The predicted octanol–water partition coefficient (Wildman–Crippen LogP) is 2.67. The molecule has 1 N–H and O–H groups in total. The second kappa shape index (κ2) is 5.85. The number of imidazole rings is 1. The van der Waals surface area contributed by atoms with Gasteiger partial charge in [-0.2, -0.15) is 0 Å². The summed E-state index contributed by atoms with van der Waals surface area (Å²) in [6.45, 7) is 4.23. The predicted molar refractivity (Wildman–Crippen MR) is 81.2 cm³/mol. The van der Waals surface area contributed by atoms with Gasteiger partial charge in [0.15, 0.2) is 0 Å². The van der Waals surface area contributed by atoms with Crippen molar-refractivity contribution in [3.63, 3.8) is 0 Å². The second-order valence-electron chi connectivity index (χ2n) is 5.71. The number of hydrogen-bond acceptors (Lipinski definition) is 3. The van der Waals surface area contributed by atoms with Gasteiger partial charge in [0.25, 0.3) is 0 Å². The topological polar surface area (TPSA) is 58.4 Å². The summed E-state index contributed by atoms with van der Waals surface area (Å²) in [5.74, 6) is 0.0331. The molecule has 0 bridgehead atoms. The van der Waals surface area contributed by atoms with E-state index in [1.54, 1.807) is 0 Å². The third kappa shape index (κ3) is 2.78. The monoisotopic (exact) mass is 287 g/mol. The summed E-state index contributed by atoms with van der Waals surface area (Å²) in [6.07, 6.45) is 3.71. The quantitative estimate of drug-likeness (QED) is 0.939. The van der Waals surface area contributed by atoms with E-state index in [9.17, 15) is 9.90 Å². The lowest BCUT2D eigenvalue weighted by Gasteiger charge is -2.32. The first-order chi connectivity index (χ1) is 10.2. The number of carboxylic acid groups (broad SMARTS) is 1. The van der Waals surface area contributed by atoms with Crippen LogP contribution < -0.4 is 0 Å². The first kappa shape index (κ1) is 14.1. The Morgan fingerprint density at radius 2 is 2.00 bits per heavy atom. The summed E-state index contributed by atoms with van der Waals surface area (Å²) >= 11 is 0. The van der Waals surface area contributed by atoms with Crippen molar-refractivity contribution in [2.75, 3.05) is 13.1 Å². The van der Waals surface area contributed by atoms with Gasteiger partial charge in [0.05, 0.1) is 17.1 Å². The van der Waals surface area contributed by atoms with Crippen LogP contribution in [0.1, 0.15) is 38.1 Å². The van der Waals surface area contributed by atoms with Gasteiger partial charge in [-0.1, -0.05) is 18.6 Å². The highest BCUT2D eigenvalue weighted by molar-refractivity contribution is 5.78. The van der Waals surface area contributed by atoms with Crippen LogP contribution in [0.15, 0.2) is 24.3 Å². The number of fused-ring (bicyclic) bond motifs is 1. The van der Waals surface area contributed by atoms with Crippen LogP contribution in [0.3, 0.4) is 0 Å². The smallest absolute Gasteiger partial charge is 0.323 e. The Morgan fingerprint density at radius 1 is 1.29 bits per heavy atom. The molecule has 112 valence electrons. The number of aliphatic carboxylic acids is 1. The summed E-state index contributed by atoms with van der Waals surface area (Å²) in [4.78, 5) is 18.3. The number of para-hydroxylation sites is 2. The molecule has 1 unspecified atom stereocenters. The van der Waals surface area contributed by atoms with Gasteiger partial charge in [0.2, 0.25) is 0 Å². The fourth-order valence-corrected chi connectivity index (χ4v) is 3.18. The molecule has 1 aromatic carbocycles. The minimum absolute atomic E-state index is 0.0337. The lowest BCUT2D eigenvalue weighted by molar-refractivity contribution is -0.137. The molecule has 0 spiro atoms. The van der Waals surface area contributed by atoms with E-state index < -0.39 is 5.97 Å². The SMILES string of the molecule is CC(c1nc2ccccc2n1CC(=O)O)N1CCCCC1. The number of carboxylic acids is 1. The minimum atomic E-state index is -0.828. The standard InChI is InChI=1S/C16H21N3O2/c1-12(18-9-5-2-6-10-18)16-17-13-7-3-4-8-14(13)19(16)11-15(20)21/h3-4,7-8,12H,2,5-6,9-11H2,1H3,(H,20,21). The lowest BCUT2D eigenvalue weighted by atomic mass is 10.1. The van der Waals surface area contributed by atoms with Gasteiger partial charge in [-0.3, -0.25) is 9.69 Å². The molecule has 2 heterocycles. The normalized spacial score (nSPS) is 18.0. The summed E-state index contributed by atoms with van der Waals surface area (Å²) < 4.78 is 1.84. The Kier molecular flexibility index (Phi) is 3.92. The maximum absolute atomic E-state index is 11.2. The Labute approximate surface area is 124 Å². The molecule has 0 radical (unpaired) electrons. The zero-order valence-corrected chi connectivity index (χ0v) is 12.3. The summed E-state index contributed by atoms with van der Waals surface area (Å²) in [6, 6.07) is 7.91. The first-order valence-corrected chi connectivity index (χ1v) is 7.58. The number of aromatic nitrogens is 2. The average Bonchev–Trinajstić information content (AvgIpc) is 2.86. The molecule has 2 aromatic rings. The van der Waals surface area contributed by atoms with E-state index in [1.165, 1.54) is 19.3 Å². The van der Waals surface area contributed by atoms with Crippen molar-refractivity contribution in [2.24, 2.45) is 0 Å². The molecule has 0 aliphatic carbocycles. The molecule has 1 aromatic heterocycles. The first-order valence-electron chi connectivity index (χ1n) is 7.58. The van der Waals surface area contributed by atoms with E-state index in [2.05, 4.69) is 11.8 Å². The Balaban J connectivity index is 2.01. The number of carbonyl (C=O) groups is 1. The van der Waals surface area contributed by atoms with Crippen LogP contribution >= 0.6 is 0 Å². The highest BCUT2D eigenvalue weighted by atomic mass is 16.4. The largest absolute Gasteiger partial charge is 0.480 e. The fourth-order valence-electron chi connectivity index (χ4n) is 3.18. The third-order valence-electron chi connectivity index (χ3n) is 4.29. The van der Waals surface area contributed by atoms with E-state index in [-0.39, 0.29) is 12.6 Å². The van der Waals surface area contributed by atoms with Gasteiger partial charge < -0.3 is 9.67 Å². The number of piperidine rings is 1. The molecule has 21 heavy (non-hydrogen) atoms. The van der Waals surface area contributed by atoms with E-state index in [4.69, 9.17) is 4.98 Å². The average molecular weight is 287 g/mol. The highest BCUT2D eigenvalue weighted by Crippen LogP contribution is 2.27. The van der Waals surface area contributed by atoms with Crippen LogP contribution in [-0.4, -0.2) is 38.6 Å². The van der Waals surface area contributed by atoms with E-state index in [0.717, 1.165) is 29.9 Å². The van der Waals surface area contributed by atoms with Crippen molar-refractivity contribution < 1.29 is 9.90 Å². The summed E-state index contributed by atoms with van der Waals surface area (Å²) in [5.41, 5.74) is 1.77. The van der Waals surface area contributed by atoms with Crippen LogP contribution in [0, 0.1) is 0 Å². The van der Waals surface area contributed by atoms with Gasteiger partial charge in [-0.15, -0.1) is 0 Å². The maximum Gasteiger partial charge on any atom is 0.323 e. The summed E-state index contributed by atoms with van der Waals surface area (Å²) in [5, 5.41) is 9.20. The molecule has 1 atom stereocenters. The van der Waals surface area contributed by atoms with Crippen LogP contribution in [0.2, 0.25) is 0 Å². The molecular weight excluding hydrogens is 266 g/mol. The van der Waals surface area contributed by atoms with Crippen molar-refractivity contribution in [1.82, 2.24) is 14.5 Å². The Morgan fingerprint density at radius 3 is 2.71 bits per heavy atom. The van der Waals surface area contributed by atoms with Crippen molar-refractivity contribution in [3.8, 4) is 0 Å². The lowest BCUT2D eigenvalue weighted by Crippen LogP contribution is -2.34. The highest BCUT2D eigenvalue weighted by Gasteiger charge is 2.24. The van der Waals surface area contributed by atoms with Crippen LogP contribution in [-0.2, 0) is 11.3 Å². The molecule has 0 saturated carbocycles. The Bertz CT molecular complexity index is 644. The van der Waals surface area contributed by atoms with E-state index >= 15 is 0 Å². The van der Waals surface area contributed by atoms with Crippen LogP contribution in [0.5, 0.6) is 0 Å². The molecule has 3 rings (SSSR count). The van der Waals surface area contributed by atoms with E-state index in [1.807, 2.05) is 28.8 Å². The van der Waals surface area contributed by atoms with Gasteiger partial charge in [0.1, 0.15) is 12.4 Å². The fraction of sp³-hybridized carbons (Fsp3) is 0.500. The van der Waals surface area contributed by atoms with Crippen molar-refractivity contribution >= 4 is 17.0 Å². The number of nitrogens with zero attached hydrogens (tertiary/aromatic N) is 3. The maximum atomic E-state index is 11.2. The van der Waals surface area contributed by atoms with Crippen LogP contribution in [0.25, 0.3) is 11.0 Å². The summed E-state index contributed by atoms with van der Waals surface area (Å²) in [7, 11) is 0. The molecule has 1 saturated heterocycles. The molecule has 1 aliphatic heterocycles. The molecule has 1 fully saturated rings. The van der Waals surface area contributed by atoms with Crippen molar-refractivity contribution in [1.29, 1.82) is 0 Å². The second-order valence-corrected chi connectivity index (χ2v) is 5.71. The molecule has 1 aliphatic rings. The Hall–Kier alpha value is -1.88. The van der Waals surface area contributed by atoms with Crippen LogP contribution in [0.4, 0.5) is 0 Å². The molecule has 5 nitrogen and oxygen atoms in total. The number of rotatable bonds is 4. The molecule has 5 heteroatoms. The number of benzene rings is 1. The van der Waals surface area contributed by atoms with Gasteiger partial charge in [0, 0.05) is 0 Å². The zero-order valence-electron chi connectivity index (χ0n) is 12.3. The third-order valence-corrected chi connectivity index (χ3v) is 4.29. The molecular formula is C16H21N3O2. The molecule has 0 amide bonds. The van der Waals surface area contributed by atoms with Gasteiger partial charge in [-0.25, -0.2) is 4.98 Å². The number of likely N-dealkylation sites (tertiary alicyclic amines) is 1. The van der Waals surface area contributed by atoms with Gasteiger partial charge in [-0.05, 0) is 45.0 Å². The van der Waals surface area contributed by atoms with Crippen molar-refractivity contribution in [3.05, 3.63) is 30.1 Å². The van der Waals surface area contributed by atoms with Crippen molar-refractivity contribution in [2.45, 2.75) is 38.8 Å². The van der Waals surface area contributed by atoms with Gasteiger partial charge >= 0.3 is 5.97 Å².